The number of unbranched alkanes of at least 4 members (excludes halogenated alkanes) is 4. The summed E-state index contributed by atoms with van der Waals surface area (Å²) in [6.07, 6.45) is 7.96. The molecular formula is C41H74O15. The van der Waals surface area contributed by atoms with Gasteiger partial charge in [0.2, 0.25) is 0 Å². The van der Waals surface area contributed by atoms with Gasteiger partial charge in [0.25, 0.3) is 0 Å². The van der Waals surface area contributed by atoms with Gasteiger partial charge in [-0.15, -0.1) is 0 Å². The number of ether oxygens (including phenoxy) is 8. The van der Waals surface area contributed by atoms with E-state index in [-0.39, 0.29) is 55.0 Å². The van der Waals surface area contributed by atoms with Crippen LogP contribution in [-0.4, -0.2) is 102 Å². The van der Waals surface area contributed by atoms with Crippen LogP contribution in [0.5, 0.6) is 0 Å². The number of esters is 7. The van der Waals surface area contributed by atoms with Crippen molar-refractivity contribution in [3.63, 3.8) is 0 Å². The Labute approximate surface area is 336 Å². The molecule has 15 heteroatoms. The van der Waals surface area contributed by atoms with Crippen molar-refractivity contribution in [1.82, 2.24) is 0 Å². The van der Waals surface area contributed by atoms with E-state index < -0.39 is 0 Å². The Hall–Kier alpha value is -4.53. The summed E-state index contributed by atoms with van der Waals surface area (Å²) in [5, 5.41) is 0. The predicted octanol–water partition coefficient (Wildman–Crippen LogP) is 7.56. The maximum absolute atomic E-state index is 11.1. The fourth-order valence-corrected chi connectivity index (χ4v) is 2.83. The van der Waals surface area contributed by atoms with E-state index >= 15 is 0 Å². The Morgan fingerprint density at radius 2 is 0.839 bits per heavy atom. The van der Waals surface area contributed by atoms with E-state index in [2.05, 4.69) is 47.0 Å². The molecule has 1 aromatic carbocycles. The smallest absolute Gasteiger partial charge is 0.338 e. The fraction of sp³-hybridized carbons (Fsp3) is 0.683. The number of methoxy groups -OCH3 is 2. The molecule has 0 saturated heterocycles. The second kappa shape index (κ2) is 52.6. The van der Waals surface area contributed by atoms with Crippen molar-refractivity contribution in [1.29, 1.82) is 0 Å². The summed E-state index contributed by atoms with van der Waals surface area (Å²) >= 11 is 0. The molecule has 0 aliphatic carbocycles. The van der Waals surface area contributed by atoms with E-state index in [0.717, 1.165) is 5.56 Å². The highest BCUT2D eigenvalue weighted by atomic mass is 16.6. The third kappa shape index (κ3) is 71.0. The van der Waals surface area contributed by atoms with Crippen LogP contribution in [0.15, 0.2) is 24.3 Å². The van der Waals surface area contributed by atoms with Gasteiger partial charge in [-0.2, -0.15) is 0 Å². The molecule has 15 nitrogen and oxygen atoms in total. The van der Waals surface area contributed by atoms with Crippen molar-refractivity contribution in [2.75, 3.05) is 60.5 Å². The molecule has 0 unspecified atom stereocenters. The summed E-state index contributed by atoms with van der Waals surface area (Å²) in [7, 11) is 2.94. The maximum atomic E-state index is 11.1. The molecule has 0 N–H and O–H groups in total. The molecule has 0 bridgehead atoms. The van der Waals surface area contributed by atoms with Crippen LogP contribution in [0.25, 0.3) is 0 Å². The topological polar surface area (TPSA) is 193 Å². The zero-order valence-electron chi connectivity index (χ0n) is 36.8. The van der Waals surface area contributed by atoms with Crippen LogP contribution in [0, 0.1) is 6.92 Å². The Morgan fingerprint density at radius 3 is 1.07 bits per heavy atom. The van der Waals surface area contributed by atoms with E-state index in [0.29, 0.717) is 51.4 Å². The van der Waals surface area contributed by atoms with Crippen molar-refractivity contribution in [3.8, 4) is 0 Å². The number of benzene rings is 1. The van der Waals surface area contributed by atoms with Gasteiger partial charge < -0.3 is 37.9 Å². The molecule has 0 atom stereocenters. The molecule has 1 rings (SSSR count). The van der Waals surface area contributed by atoms with Gasteiger partial charge in [-0.25, -0.2) is 4.79 Å². The highest BCUT2D eigenvalue weighted by molar-refractivity contribution is 5.89. The molecule has 56 heavy (non-hydrogen) atoms. The Bertz CT molecular complexity index is 1060. The van der Waals surface area contributed by atoms with Crippen molar-refractivity contribution < 1.29 is 71.5 Å². The number of hydrogen-bond acceptors (Lipinski definition) is 15. The summed E-state index contributed by atoms with van der Waals surface area (Å²) in [5.74, 6) is -1.74. The van der Waals surface area contributed by atoms with E-state index in [1.165, 1.54) is 66.9 Å². The Morgan fingerprint density at radius 1 is 0.464 bits per heavy atom. The Kier molecular flexibility index (Phi) is 59.5. The van der Waals surface area contributed by atoms with Crippen LogP contribution in [0.1, 0.15) is 137 Å². The van der Waals surface area contributed by atoms with Gasteiger partial charge in [0.05, 0.1) is 39.1 Å². The van der Waals surface area contributed by atoms with Crippen LogP contribution >= 0.6 is 0 Å². The van der Waals surface area contributed by atoms with Gasteiger partial charge in [-0.05, 0) is 39.8 Å². The van der Waals surface area contributed by atoms with Crippen LogP contribution in [0.4, 0.5) is 0 Å². The lowest BCUT2D eigenvalue weighted by Crippen LogP contribution is -2.09. The molecule has 328 valence electrons. The first-order chi connectivity index (χ1) is 26.4. The summed E-state index contributed by atoms with van der Waals surface area (Å²) < 4.78 is 36.1. The SMILES string of the molecule is CC(=O)OCCOC(C)=O.CCC(=O)OC.CCCCCCC.CCOC(=O)CC.CCOC(=O)c1ccc(C)cc1.CCOC(C)=O.COCCOC(C)=O. The Balaban J connectivity index is -0.000000132. The van der Waals surface area contributed by atoms with Crippen molar-refractivity contribution >= 4 is 41.8 Å². The number of hydrogen-bond donors (Lipinski definition) is 0. The second-order valence-electron chi connectivity index (χ2n) is 10.7. The van der Waals surface area contributed by atoms with Gasteiger partial charge in [0.1, 0.15) is 19.8 Å². The fourth-order valence-electron chi connectivity index (χ4n) is 2.83. The monoisotopic (exact) mass is 807 g/mol. The quantitative estimate of drug-likeness (QED) is 0.0902. The van der Waals surface area contributed by atoms with Gasteiger partial charge in [-0.1, -0.05) is 77.5 Å². The highest BCUT2D eigenvalue weighted by Gasteiger charge is 2.03. The minimum Gasteiger partial charge on any atom is -0.469 e. The van der Waals surface area contributed by atoms with Gasteiger partial charge >= 0.3 is 41.8 Å². The first-order valence-electron chi connectivity index (χ1n) is 18.9. The average molecular weight is 807 g/mol. The minimum atomic E-state index is -0.368. The predicted molar refractivity (Wildman–Crippen MR) is 215 cm³/mol. The molecule has 0 amide bonds. The lowest BCUT2D eigenvalue weighted by molar-refractivity contribution is -0.149. The van der Waals surface area contributed by atoms with Crippen LogP contribution in [-0.2, 0) is 66.7 Å². The first kappa shape index (κ1) is 63.4. The molecule has 0 aromatic heterocycles. The number of carbonyl (C=O) groups excluding carboxylic acids is 7. The summed E-state index contributed by atoms with van der Waals surface area (Å²) in [5.41, 5.74) is 1.76. The standard InChI is InChI=1S/C10H12O2.C7H16.C6H10O4.C5H10O3.C5H10O2.2C4H8O2/c1-3-12-10(11)9-6-4-8(2)5-7-9;1-3-5-7-6-4-2;1-5(7)9-3-4-10-6(2)8;1-5(6)8-4-3-7-2;1-3-5(6)7-4-2;1-3-4(5)6-2;1-3-6-4(2)5/h4-7H,3H2,1-2H3;3-7H2,1-2H3;3-4H2,1-2H3;3-4H2,1-2H3;3-4H2,1-2H3;2*3H2,1-2H3. The molecule has 0 aliphatic rings. The van der Waals surface area contributed by atoms with Crippen LogP contribution in [0.3, 0.4) is 0 Å². The van der Waals surface area contributed by atoms with E-state index in [9.17, 15) is 33.6 Å². The summed E-state index contributed by atoms with van der Waals surface area (Å²) in [6.45, 7) is 23.2. The van der Waals surface area contributed by atoms with Crippen molar-refractivity contribution in [2.24, 2.45) is 0 Å². The van der Waals surface area contributed by atoms with Gasteiger partial charge in [0, 0.05) is 47.6 Å². The van der Waals surface area contributed by atoms with E-state index in [4.69, 9.17) is 4.74 Å². The third-order valence-electron chi connectivity index (χ3n) is 5.51. The van der Waals surface area contributed by atoms with Gasteiger partial charge in [-0.3, -0.25) is 28.8 Å². The lowest BCUT2D eigenvalue weighted by Gasteiger charge is -2.00. The van der Waals surface area contributed by atoms with Crippen molar-refractivity contribution in [2.45, 2.75) is 128 Å². The minimum absolute atomic E-state index is 0.123. The molecule has 0 radical (unpaired) electrons. The number of aryl methyl sites for hydroxylation is 1. The molecule has 0 heterocycles. The van der Waals surface area contributed by atoms with Crippen LogP contribution < -0.4 is 0 Å². The highest BCUT2D eigenvalue weighted by Crippen LogP contribution is 2.04. The first-order valence-corrected chi connectivity index (χ1v) is 18.9. The van der Waals surface area contributed by atoms with Crippen LogP contribution in [0.2, 0.25) is 0 Å². The average Bonchev–Trinajstić information content (AvgIpc) is 3.15. The molecule has 0 aliphatic heterocycles. The second-order valence-corrected chi connectivity index (χ2v) is 10.7. The normalized spacial score (nSPS) is 8.68. The zero-order valence-corrected chi connectivity index (χ0v) is 36.8. The van der Waals surface area contributed by atoms with E-state index in [1.54, 1.807) is 53.9 Å². The number of rotatable bonds is 16. The third-order valence-corrected chi connectivity index (χ3v) is 5.51. The molecule has 1 aromatic rings. The summed E-state index contributed by atoms with van der Waals surface area (Å²) in [4.78, 5) is 71.4. The summed E-state index contributed by atoms with van der Waals surface area (Å²) in [6, 6.07) is 7.33. The van der Waals surface area contributed by atoms with Crippen molar-refractivity contribution in [3.05, 3.63) is 35.4 Å². The molecule has 0 fully saturated rings. The van der Waals surface area contributed by atoms with Gasteiger partial charge in [0.15, 0.2) is 0 Å². The van der Waals surface area contributed by atoms with E-state index in [1.807, 2.05) is 19.1 Å². The number of carbonyl (C=O) groups is 7. The molecule has 0 saturated carbocycles. The largest absolute Gasteiger partial charge is 0.469 e. The lowest BCUT2D eigenvalue weighted by atomic mass is 10.1. The maximum Gasteiger partial charge on any atom is 0.338 e. The zero-order chi connectivity index (χ0) is 44.6. The molecule has 0 spiro atoms. The molecular weight excluding hydrogens is 732 g/mol.